The summed E-state index contributed by atoms with van der Waals surface area (Å²) in [5.74, 6) is -0.518. The summed E-state index contributed by atoms with van der Waals surface area (Å²) in [6, 6.07) is 8.31. The molecule has 0 fully saturated rings. The molecular formula is C14H11FN2O2. The van der Waals surface area contributed by atoms with E-state index in [0.717, 1.165) is 6.07 Å². The molecule has 19 heavy (non-hydrogen) atoms. The van der Waals surface area contributed by atoms with Crippen LogP contribution >= 0.6 is 0 Å². The number of hydrogen-bond acceptors (Lipinski definition) is 4. The first kappa shape index (κ1) is 12.8. The van der Waals surface area contributed by atoms with Crippen LogP contribution in [0.25, 0.3) is 11.3 Å². The van der Waals surface area contributed by atoms with E-state index in [1.165, 1.54) is 14.2 Å². The minimum atomic E-state index is -0.643. The average molecular weight is 258 g/mol. The van der Waals surface area contributed by atoms with Gasteiger partial charge in [-0.25, -0.2) is 4.39 Å². The summed E-state index contributed by atoms with van der Waals surface area (Å²) in [5, 5.41) is 9.15. The zero-order valence-corrected chi connectivity index (χ0v) is 10.5. The number of aromatic nitrogens is 1. The van der Waals surface area contributed by atoms with Gasteiger partial charge >= 0.3 is 0 Å². The second kappa shape index (κ2) is 5.36. The van der Waals surface area contributed by atoms with Crippen LogP contribution in [0.4, 0.5) is 4.39 Å². The van der Waals surface area contributed by atoms with Crippen molar-refractivity contribution in [2.45, 2.75) is 0 Å². The van der Waals surface area contributed by atoms with Crippen molar-refractivity contribution in [2.24, 2.45) is 0 Å². The third-order valence-electron chi connectivity index (χ3n) is 2.64. The Labute approximate surface area is 110 Å². The molecule has 0 aliphatic rings. The second-order valence-electron chi connectivity index (χ2n) is 3.67. The number of benzene rings is 1. The monoisotopic (exact) mass is 258 g/mol. The number of pyridine rings is 1. The fourth-order valence-corrected chi connectivity index (χ4v) is 1.85. The number of rotatable bonds is 3. The Morgan fingerprint density at radius 3 is 2.47 bits per heavy atom. The molecule has 96 valence electrons. The highest BCUT2D eigenvalue weighted by Crippen LogP contribution is 2.41. The standard InChI is InChI=1S/C14H11FN2O2/c1-18-13-10(15)7-9(8-16)12(14(13)19-2)11-5-3-4-6-17-11/h3-7H,1-2H3. The number of ether oxygens (including phenoxy) is 2. The summed E-state index contributed by atoms with van der Waals surface area (Å²) >= 11 is 0. The quantitative estimate of drug-likeness (QED) is 0.849. The van der Waals surface area contributed by atoms with Crippen molar-refractivity contribution in [1.29, 1.82) is 5.26 Å². The largest absolute Gasteiger partial charge is 0.492 e. The van der Waals surface area contributed by atoms with Gasteiger partial charge < -0.3 is 9.47 Å². The maximum Gasteiger partial charge on any atom is 0.197 e. The Bertz CT molecular complexity index is 636. The lowest BCUT2D eigenvalue weighted by atomic mass is 10.0. The number of nitriles is 1. The fraction of sp³-hybridized carbons (Fsp3) is 0.143. The van der Waals surface area contributed by atoms with Crippen LogP contribution in [0, 0.1) is 17.1 Å². The SMILES string of the molecule is COc1c(F)cc(C#N)c(-c2ccccn2)c1OC. The molecule has 1 aromatic heterocycles. The normalized spacial score (nSPS) is 9.79. The molecule has 0 saturated heterocycles. The molecule has 0 saturated carbocycles. The highest BCUT2D eigenvalue weighted by atomic mass is 19.1. The summed E-state index contributed by atoms with van der Waals surface area (Å²) in [6.07, 6.45) is 1.59. The first-order valence-corrected chi connectivity index (χ1v) is 5.49. The van der Waals surface area contributed by atoms with E-state index in [0.29, 0.717) is 11.3 Å². The average Bonchev–Trinajstić information content (AvgIpc) is 2.46. The highest BCUT2D eigenvalue weighted by molar-refractivity contribution is 5.77. The van der Waals surface area contributed by atoms with Crippen molar-refractivity contribution in [1.82, 2.24) is 4.98 Å². The van der Waals surface area contributed by atoms with E-state index in [1.54, 1.807) is 24.4 Å². The van der Waals surface area contributed by atoms with Crippen LogP contribution in [0.1, 0.15) is 5.56 Å². The van der Waals surface area contributed by atoms with Gasteiger partial charge in [-0.2, -0.15) is 5.26 Å². The van der Waals surface area contributed by atoms with Crippen LogP contribution in [-0.2, 0) is 0 Å². The predicted molar refractivity (Wildman–Crippen MR) is 67.5 cm³/mol. The molecule has 0 aliphatic carbocycles. The number of methoxy groups -OCH3 is 2. The van der Waals surface area contributed by atoms with Gasteiger partial charge in [0, 0.05) is 6.20 Å². The first-order valence-electron chi connectivity index (χ1n) is 5.49. The van der Waals surface area contributed by atoms with E-state index < -0.39 is 5.82 Å². The van der Waals surface area contributed by atoms with Gasteiger partial charge in [-0.1, -0.05) is 6.07 Å². The van der Waals surface area contributed by atoms with Crippen molar-refractivity contribution >= 4 is 0 Å². The zero-order valence-electron chi connectivity index (χ0n) is 10.5. The fourth-order valence-electron chi connectivity index (χ4n) is 1.85. The Morgan fingerprint density at radius 1 is 1.21 bits per heavy atom. The van der Waals surface area contributed by atoms with Gasteiger partial charge in [0.2, 0.25) is 0 Å². The minimum Gasteiger partial charge on any atom is -0.492 e. The molecule has 1 aromatic carbocycles. The Balaban J connectivity index is 2.81. The van der Waals surface area contributed by atoms with Crippen LogP contribution in [-0.4, -0.2) is 19.2 Å². The lowest BCUT2D eigenvalue weighted by Crippen LogP contribution is -2.00. The smallest absolute Gasteiger partial charge is 0.197 e. The van der Waals surface area contributed by atoms with Crippen LogP contribution in [0.5, 0.6) is 11.5 Å². The molecule has 0 amide bonds. The van der Waals surface area contributed by atoms with E-state index in [9.17, 15) is 4.39 Å². The molecule has 0 spiro atoms. The van der Waals surface area contributed by atoms with Gasteiger partial charge in [-0.05, 0) is 18.2 Å². The molecule has 0 unspecified atom stereocenters. The summed E-state index contributed by atoms with van der Waals surface area (Å²) in [4.78, 5) is 4.16. The minimum absolute atomic E-state index is 0.0397. The Morgan fingerprint density at radius 2 is 1.95 bits per heavy atom. The molecule has 1 heterocycles. The summed E-state index contributed by atoms with van der Waals surface area (Å²) in [6.45, 7) is 0. The third kappa shape index (κ3) is 2.20. The molecule has 0 radical (unpaired) electrons. The molecule has 2 aromatic rings. The van der Waals surface area contributed by atoms with E-state index in [1.807, 2.05) is 6.07 Å². The lowest BCUT2D eigenvalue weighted by Gasteiger charge is -2.14. The van der Waals surface area contributed by atoms with Gasteiger partial charge in [-0.3, -0.25) is 4.98 Å². The zero-order chi connectivity index (χ0) is 13.8. The van der Waals surface area contributed by atoms with E-state index in [2.05, 4.69) is 4.98 Å². The van der Waals surface area contributed by atoms with Gasteiger partial charge in [0.25, 0.3) is 0 Å². The molecule has 0 atom stereocenters. The predicted octanol–water partition coefficient (Wildman–Crippen LogP) is 2.78. The van der Waals surface area contributed by atoms with Gasteiger partial charge in [0.15, 0.2) is 17.3 Å². The molecule has 0 bridgehead atoms. The first-order chi connectivity index (χ1) is 9.22. The van der Waals surface area contributed by atoms with E-state index in [-0.39, 0.29) is 17.1 Å². The van der Waals surface area contributed by atoms with Gasteiger partial charge in [0.05, 0.1) is 31.0 Å². The topological polar surface area (TPSA) is 55.1 Å². The van der Waals surface area contributed by atoms with Crippen LogP contribution in [0.15, 0.2) is 30.5 Å². The van der Waals surface area contributed by atoms with E-state index >= 15 is 0 Å². The van der Waals surface area contributed by atoms with Crippen molar-refractivity contribution in [3.05, 3.63) is 41.8 Å². The summed E-state index contributed by atoms with van der Waals surface area (Å²) in [5.41, 5.74) is 1.09. The highest BCUT2D eigenvalue weighted by Gasteiger charge is 2.21. The maximum absolute atomic E-state index is 13.8. The number of hydrogen-bond donors (Lipinski definition) is 0. The maximum atomic E-state index is 13.8. The van der Waals surface area contributed by atoms with Crippen LogP contribution in [0.2, 0.25) is 0 Å². The van der Waals surface area contributed by atoms with Crippen molar-refractivity contribution in [3.63, 3.8) is 0 Å². The molecular weight excluding hydrogens is 247 g/mol. The number of nitrogens with zero attached hydrogens (tertiary/aromatic N) is 2. The van der Waals surface area contributed by atoms with Crippen molar-refractivity contribution in [3.8, 4) is 28.8 Å². The molecule has 0 N–H and O–H groups in total. The summed E-state index contributed by atoms with van der Waals surface area (Å²) < 4.78 is 24.0. The van der Waals surface area contributed by atoms with Gasteiger partial charge in [-0.15, -0.1) is 0 Å². The van der Waals surface area contributed by atoms with E-state index in [4.69, 9.17) is 14.7 Å². The molecule has 0 aliphatic heterocycles. The second-order valence-corrected chi connectivity index (χ2v) is 3.67. The molecule has 5 heteroatoms. The molecule has 4 nitrogen and oxygen atoms in total. The van der Waals surface area contributed by atoms with Crippen molar-refractivity contribution < 1.29 is 13.9 Å². The van der Waals surface area contributed by atoms with Gasteiger partial charge in [0.1, 0.15) is 6.07 Å². The van der Waals surface area contributed by atoms with Crippen LogP contribution in [0.3, 0.4) is 0 Å². The summed E-state index contributed by atoms with van der Waals surface area (Å²) in [7, 11) is 2.74. The Kier molecular flexibility index (Phi) is 3.62. The Hall–Kier alpha value is -2.61. The lowest BCUT2D eigenvalue weighted by molar-refractivity contribution is 0.338. The third-order valence-corrected chi connectivity index (χ3v) is 2.64. The molecule has 2 rings (SSSR count). The number of halogens is 1. The van der Waals surface area contributed by atoms with Crippen molar-refractivity contribution in [2.75, 3.05) is 14.2 Å². The van der Waals surface area contributed by atoms with Crippen LogP contribution < -0.4 is 9.47 Å².